The molecule has 2 N–H and O–H groups in total. The fourth-order valence-electron chi connectivity index (χ4n) is 3.33. The molecule has 4 amide bonds. The van der Waals surface area contributed by atoms with E-state index in [0.29, 0.717) is 5.69 Å². The Morgan fingerprint density at radius 2 is 1.88 bits per heavy atom. The number of carbonyl (C=O) groups is 4. The van der Waals surface area contributed by atoms with Gasteiger partial charge in [0.15, 0.2) is 6.61 Å². The third-order valence-electron chi connectivity index (χ3n) is 5.06. The van der Waals surface area contributed by atoms with Crippen LogP contribution in [0.1, 0.15) is 19.4 Å². The molecule has 0 unspecified atom stereocenters. The number of fused-ring (bicyclic) bond motifs is 1. The van der Waals surface area contributed by atoms with Gasteiger partial charge < -0.3 is 15.4 Å². The Morgan fingerprint density at radius 3 is 2.55 bits per heavy atom. The molecule has 0 bridgehead atoms. The molecule has 1 aromatic heterocycles. The summed E-state index contributed by atoms with van der Waals surface area (Å²) in [4.78, 5) is 53.4. The summed E-state index contributed by atoms with van der Waals surface area (Å²) < 4.78 is 6.02. The van der Waals surface area contributed by atoms with E-state index in [1.54, 1.807) is 23.5 Å². The molecule has 1 fully saturated rings. The molecule has 0 saturated carbocycles. The highest BCUT2D eigenvalue weighted by atomic mass is 32.1. The summed E-state index contributed by atoms with van der Waals surface area (Å²) in [5.41, 5.74) is 2.50. The van der Waals surface area contributed by atoms with Gasteiger partial charge in [-0.25, -0.2) is 9.78 Å². The Hall–Kier alpha value is -3.79. The molecule has 2 aromatic carbocycles. The lowest BCUT2D eigenvalue weighted by atomic mass is 10.1. The number of amides is 4. The monoisotopic (exact) mass is 466 g/mol. The van der Waals surface area contributed by atoms with Gasteiger partial charge in [-0.2, -0.15) is 0 Å². The van der Waals surface area contributed by atoms with Gasteiger partial charge in [0, 0.05) is 11.3 Å². The Bertz CT molecular complexity index is 1270. The largest absolute Gasteiger partial charge is 0.454 e. The van der Waals surface area contributed by atoms with E-state index in [1.807, 2.05) is 31.2 Å². The van der Waals surface area contributed by atoms with Gasteiger partial charge in [0.1, 0.15) is 17.1 Å². The minimum atomic E-state index is -1.08. The van der Waals surface area contributed by atoms with Gasteiger partial charge in [0.2, 0.25) is 0 Å². The number of benzene rings is 2. The number of nitrogens with one attached hydrogen (secondary N) is 2. The maximum Gasteiger partial charge on any atom is 0.326 e. The number of carbonyl (C=O) groups excluding carboxylic acids is 4. The molecule has 10 heteroatoms. The quantitative estimate of drug-likeness (QED) is 0.426. The van der Waals surface area contributed by atoms with Crippen LogP contribution in [0.25, 0.3) is 20.8 Å². The maximum atomic E-state index is 12.1. The Labute approximate surface area is 193 Å². The van der Waals surface area contributed by atoms with Gasteiger partial charge in [-0.15, -0.1) is 11.3 Å². The van der Waals surface area contributed by atoms with Gasteiger partial charge >= 0.3 is 12.0 Å². The zero-order chi connectivity index (χ0) is 23.8. The Balaban J connectivity index is 1.30. The van der Waals surface area contributed by atoms with Gasteiger partial charge in [0.05, 0.1) is 10.2 Å². The number of nitrogens with zero attached hydrogens (tertiary/aromatic N) is 2. The second-order valence-electron chi connectivity index (χ2n) is 8.22. The molecule has 4 rings (SSSR count). The number of urea groups is 1. The number of aromatic nitrogens is 1. The number of aryl methyl sites for hydroxylation is 1. The summed E-state index contributed by atoms with van der Waals surface area (Å²) in [6, 6.07) is 12.6. The zero-order valence-corrected chi connectivity index (χ0v) is 19.1. The van der Waals surface area contributed by atoms with Crippen LogP contribution in [-0.4, -0.2) is 52.4 Å². The molecular weight excluding hydrogens is 444 g/mol. The molecule has 0 atom stereocenters. The van der Waals surface area contributed by atoms with Crippen molar-refractivity contribution in [3.05, 3.63) is 48.0 Å². The lowest BCUT2D eigenvalue weighted by Gasteiger charge is -2.15. The van der Waals surface area contributed by atoms with Crippen LogP contribution in [0.2, 0.25) is 0 Å². The highest BCUT2D eigenvalue weighted by Crippen LogP contribution is 2.31. The van der Waals surface area contributed by atoms with Crippen LogP contribution >= 0.6 is 11.3 Å². The Morgan fingerprint density at radius 1 is 1.15 bits per heavy atom. The van der Waals surface area contributed by atoms with E-state index in [0.717, 1.165) is 25.7 Å². The number of ether oxygens (including phenoxy) is 1. The summed E-state index contributed by atoms with van der Waals surface area (Å²) in [6.45, 7) is 4.02. The fourth-order valence-corrected chi connectivity index (χ4v) is 4.40. The van der Waals surface area contributed by atoms with Crippen LogP contribution in [-0.2, 0) is 19.1 Å². The van der Waals surface area contributed by atoms with E-state index in [4.69, 9.17) is 4.74 Å². The predicted octanol–water partition coefficient (Wildman–Crippen LogP) is 3.08. The molecule has 9 nitrogen and oxygen atoms in total. The van der Waals surface area contributed by atoms with E-state index in [1.165, 1.54) is 19.4 Å². The first-order valence-electron chi connectivity index (χ1n) is 10.2. The summed E-state index contributed by atoms with van der Waals surface area (Å²) in [7, 11) is 0. The molecule has 2 heterocycles. The van der Waals surface area contributed by atoms with Crippen molar-refractivity contribution in [2.24, 2.45) is 0 Å². The van der Waals surface area contributed by atoms with Gasteiger partial charge in [0.25, 0.3) is 11.8 Å². The number of imide groups is 1. The van der Waals surface area contributed by atoms with Crippen molar-refractivity contribution in [3.63, 3.8) is 0 Å². The van der Waals surface area contributed by atoms with Gasteiger partial charge in [-0.1, -0.05) is 6.07 Å². The summed E-state index contributed by atoms with van der Waals surface area (Å²) in [6.07, 6.45) is 0. The highest BCUT2D eigenvalue weighted by Gasteiger charge is 2.45. The molecule has 0 radical (unpaired) electrons. The molecule has 33 heavy (non-hydrogen) atoms. The number of hydrogen-bond donors (Lipinski definition) is 2. The minimum Gasteiger partial charge on any atom is -0.454 e. The standard InChI is InChI=1S/C23H22N4O5S/c1-13-4-9-16-17(10-13)33-20(25-16)14-5-7-15(8-6-14)24-18(28)12-32-19(29)11-27-21(30)23(2,3)26-22(27)31/h4-10H,11-12H2,1-3H3,(H,24,28)(H,26,31). The Kier molecular flexibility index (Phi) is 5.86. The van der Waals surface area contributed by atoms with Crippen LogP contribution in [0.15, 0.2) is 42.5 Å². The number of hydrogen-bond acceptors (Lipinski definition) is 7. The summed E-state index contributed by atoms with van der Waals surface area (Å²) >= 11 is 1.60. The highest BCUT2D eigenvalue weighted by molar-refractivity contribution is 7.21. The molecule has 3 aromatic rings. The van der Waals surface area contributed by atoms with E-state index >= 15 is 0 Å². The third-order valence-corrected chi connectivity index (χ3v) is 6.12. The van der Waals surface area contributed by atoms with E-state index in [2.05, 4.69) is 21.7 Å². The zero-order valence-electron chi connectivity index (χ0n) is 18.3. The predicted molar refractivity (Wildman–Crippen MR) is 124 cm³/mol. The van der Waals surface area contributed by atoms with Crippen molar-refractivity contribution in [3.8, 4) is 10.6 Å². The molecule has 1 saturated heterocycles. The first kappa shape index (κ1) is 22.4. The second-order valence-corrected chi connectivity index (χ2v) is 9.25. The topological polar surface area (TPSA) is 118 Å². The van der Waals surface area contributed by atoms with Crippen LogP contribution < -0.4 is 10.6 Å². The number of thiazole rings is 1. The lowest BCUT2D eigenvalue weighted by molar-refractivity contribution is -0.150. The average Bonchev–Trinajstić information content (AvgIpc) is 3.26. The minimum absolute atomic E-state index is 0.530. The number of esters is 1. The fraction of sp³-hybridized carbons (Fsp3) is 0.261. The van der Waals surface area contributed by atoms with Crippen molar-refractivity contribution in [1.82, 2.24) is 15.2 Å². The number of rotatable bonds is 6. The van der Waals surface area contributed by atoms with Gasteiger partial charge in [-0.3, -0.25) is 19.3 Å². The third kappa shape index (κ3) is 4.85. The molecule has 0 aliphatic carbocycles. The van der Waals surface area contributed by atoms with Crippen LogP contribution in [0, 0.1) is 6.92 Å². The summed E-state index contributed by atoms with van der Waals surface area (Å²) in [5, 5.41) is 5.99. The summed E-state index contributed by atoms with van der Waals surface area (Å²) in [5.74, 6) is -1.92. The van der Waals surface area contributed by atoms with E-state index < -0.39 is 42.5 Å². The van der Waals surface area contributed by atoms with Crippen molar-refractivity contribution < 1.29 is 23.9 Å². The molecule has 170 valence electrons. The first-order valence-corrected chi connectivity index (χ1v) is 11.0. The maximum absolute atomic E-state index is 12.1. The first-order chi connectivity index (χ1) is 15.6. The van der Waals surface area contributed by atoms with E-state index in [-0.39, 0.29) is 0 Å². The lowest BCUT2D eigenvalue weighted by Crippen LogP contribution is -2.41. The number of anilines is 1. The SMILES string of the molecule is Cc1ccc2nc(-c3ccc(NC(=O)COC(=O)CN4C(=O)NC(C)(C)C4=O)cc3)sc2c1. The van der Waals surface area contributed by atoms with Crippen LogP contribution in [0.4, 0.5) is 10.5 Å². The van der Waals surface area contributed by atoms with Crippen molar-refractivity contribution in [2.45, 2.75) is 26.3 Å². The van der Waals surface area contributed by atoms with Crippen LogP contribution in [0.5, 0.6) is 0 Å². The van der Waals surface area contributed by atoms with Gasteiger partial charge in [-0.05, 0) is 62.7 Å². The van der Waals surface area contributed by atoms with E-state index in [9.17, 15) is 19.2 Å². The van der Waals surface area contributed by atoms with Crippen molar-refractivity contribution in [1.29, 1.82) is 0 Å². The smallest absolute Gasteiger partial charge is 0.326 e. The molecule has 0 spiro atoms. The van der Waals surface area contributed by atoms with Crippen LogP contribution in [0.3, 0.4) is 0 Å². The molecule has 1 aliphatic rings. The normalized spacial score (nSPS) is 14.9. The second kappa shape index (κ2) is 8.62. The van der Waals surface area contributed by atoms with Crippen molar-refractivity contribution in [2.75, 3.05) is 18.5 Å². The van der Waals surface area contributed by atoms with Crippen molar-refractivity contribution >= 4 is 51.1 Å². The average molecular weight is 467 g/mol. The molecule has 1 aliphatic heterocycles. The molecular formula is C23H22N4O5S.